The van der Waals surface area contributed by atoms with Crippen LogP contribution in [0, 0.1) is 5.82 Å². The summed E-state index contributed by atoms with van der Waals surface area (Å²) in [5.41, 5.74) is 3.39. The standard InChI is InChI=1S/C22H18FN3O2/c1-14(27)24-17-10-6-15(7-11-17)21-25-20-5-3-2-4-19(20)22(28)26(21)18-12-8-16(23)9-13-18/h2-13,21,25H,1H3,(H,24,27). The Labute approximate surface area is 161 Å². The van der Waals surface area contributed by atoms with E-state index in [9.17, 15) is 14.0 Å². The Morgan fingerprint density at radius 3 is 2.36 bits per heavy atom. The van der Waals surface area contributed by atoms with E-state index in [4.69, 9.17) is 0 Å². The minimum absolute atomic E-state index is 0.152. The van der Waals surface area contributed by atoms with Gasteiger partial charge in [-0.25, -0.2) is 4.39 Å². The van der Waals surface area contributed by atoms with Gasteiger partial charge in [0, 0.05) is 24.0 Å². The van der Waals surface area contributed by atoms with Gasteiger partial charge in [0.1, 0.15) is 12.0 Å². The monoisotopic (exact) mass is 375 g/mol. The first kappa shape index (κ1) is 17.7. The van der Waals surface area contributed by atoms with Crippen molar-refractivity contribution in [1.29, 1.82) is 0 Å². The van der Waals surface area contributed by atoms with Crippen molar-refractivity contribution < 1.29 is 14.0 Å². The minimum atomic E-state index is -0.473. The number of anilines is 3. The van der Waals surface area contributed by atoms with Crippen molar-refractivity contribution in [2.24, 2.45) is 0 Å². The summed E-state index contributed by atoms with van der Waals surface area (Å²) in [6, 6.07) is 20.4. The zero-order valence-electron chi connectivity index (χ0n) is 15.1. The molecule has 4 rings (SSSR count). The Balaban J connectivity index is 1.77. The average molecular weight is 375 g/mol. The van der Waals surface area contributed by atoms with E-state index in [2.05, 4.69) is 10.6 Å². The highest BCUT2D eigenvalue weighted by molar-refractivity contribution is 6.12. The summed E-state index contributed by atoms with van der Waals surface area (Å²) in [7, 11) is 0. The number of hydrogen-bond donors (Lipinski definition) is 2. The number of nitrogens with zero attached hydrogens (tertiary/aromatic N) is 1. The van der Waals surface area contributed by atoms with Crippen LogP contribution in [0.5, 0.6) is 0 Å². The molecule has 2 N–H and O–H groups in total. The molecule has 2 amide bonds. The van der Waals surface area contributed by atoms with Crippen molar-refractivity contribution in [2.45, 2.75) is 13.1 Å². The van der Waals surface area contributed by atoms with Gasteiger partial charge in [-0.1, -0.05) is 24.3 Å². The lowest BCUT2D eigenvalue weighted by molar-refractivity contribution is -0.114. The molecule has 0 spiro atoms. The predicted octanol–water partition coefficient (Wildman–Crippen LogP) is 4.56. The van der Waals surface area contributed by atoms with Crippen LogP contribution in [0.2, 0.25) is 0 Å². The van der Waals surface area contributed by atoms with E-state index < -0.39 is 6.17 Å². The molecular formula is C22H18FN3O2. The molecule has 1 heterocycles. The Hall–Kier alpha value is -3.67. The molecule has 0 aliphatic carbocycles. The van der Waals surface area contributed by atoms with E-state index in [0.29, 0.717) is 16.9 Å². The van der Waals surface area contributed by atoms with E-state index in [-0.39, 0.29) is 17.6 Å². The fourth-order valence-corrected chi connectivity index (χ4v) is 3.31. The molecule has 1 aliphatic heterocycles. The van der Waals surface area contributed by atoms with Gasteiger partial charge in [-0.15, -0.1) is 0 Å². The first-order valence-electron chi connectivity index (χ1n) is 8.85. The highest BCUT2D eigenvalue weighted by Crippen LogP contribution is 2.36. The molecule has 0 radical (unpaired) electrons. The van der Waals surface area contributed by atoms with Gasteiger partial charge in [0.05, 0.1) is 5.56 Å². The molecule has 1 unspecified atom stereocenters. The SMILES string of the molecule is CC(=O)Nc1ccc(C2Nc3ccccc3C(=O)N2c2ccc(F)cc2)cc1. The Morgan fingerprint density at radius 2 is 1.68 bits per heavy atom. The number of nitrogens with one attached hydrogen (secondary N) is 2. The summed E-state index contributed by atoms with van der Waals surface area (Å²) in [4.78, 5) is 26.1. The third-order valence-electron chi connectivity index (χ3n) is 4.58. The van der Waals surface area contributed by atoms with Crippen LogP contribution in [0.4, 0.5) is 21.5 Å². The molecule has 1 aliphatic rings. The number of benzene rings is 3. The minimum Gasteiger partial charge on any atom is -0.360 e. The van der Waals surface area contributed by atoms with E-state index in [1.54, 1.807) is 35.2 Å². The van der Waals surface area contributed by atoms with E-state index in [1.807, 2.05) is 30.3 Å². The third kappa shape index (κ3) is 3.32. The van der Waals surface area contributed by atoms with Gasteiger partial charge in [0.15, 0.2) is 0 Å². The zero-order valence-corrected chi connectivity index (χ0v) is 15.1. The molecule has 3 aromatic carbocycles. The number of rotatable bonds is 3. The molecule has 0 fully saturated rings. The summed E-state index contributed by atoms with van der Waals surface area (Å²) in [6.45, 7) is 1.45. The lowest BCUT2D eigenvalue weighted by Crippen LogP contribution is -2.43. The van der Waals surface area contributed by atoms with Crippen LogP contribution in [-0.2, 0) is 4.79 Å². The topological polar surface area (TPSA) is 61.4 Å². The lowest BCUT2D eigenvalue weighted by Gasteiger charge is -2.38. The first-order chi connectivity index (χ1) is 13.5. The van der Waals surface area contributed by atoms with Gasteiger partial charge < -0.3 is 10.6 Å². The van der Waals surface area contributed by atoms with Crippen LogP contribution in [0.1, 0.15) is 29.0 Å². The van der Waals surface area contributed by atoms with E-state index in [0.717, 1.165) is 11.3 Å². The van der Waals surface area contributed by atoms with E-state index in [1.165, 1.54) is 19.1 Å². The Bertz CT molecular complexity index is 1030. The number of hydrogen-bond acceptors (Lipinski definition) is 3. The van der Waals surface area contributed by atoms with Crippen molar-refractivity contribution in [3.8, 4) is 0 Å². The van der Waals surface area contributed by atoms with Gasteiger partial charge >= 0.3 is 0 Å². The quantitative estimate of drug-likeness (QED) is 0.706. The Kier molecular flexibility index (Phi) is 4.53. The second kappa shape index (κ2) is 7.15. The predicted molar refractivity (Wildman–Crippen MR) is 107 cm³/mol. The lowest BCUT2D eigenvalue weighted by atomic mass is 10.0. The van der Waals surface area contributed by atoms with Gasteiger partial charge in [0.2, 0.25) is 5.91 Å². The van der Waals surface area contributed by atoms with Crippen LogP contribution in [0.3, 0.4) is 0 Å². The van der Waals surface area contributed by atoms with Crippen LogP contribution in [0.25, 0.3) is 0 Å². The number of halogens is 1. The van der Waals surface area contributed by atoms with Crippen molar-refractivity contribution in [1.82, 2.24) is 0 Å². The summed E-state index contributed by atoms with van der Waals surface area (Å²) in [6.07, 6.45) is -0.473. The zero-order chi connectivity index (χ0) is 19.7. The largest absolute Gasteiger partial charge is 0.360 e. The van der Waals surface area contributed by atoms with Gasteiger partial charge in [-0.2, -0.15) is 0 Å². The number of carbonyl (C=O) groups is 2. The Morgan fingerprint density at radius 1 is 1.00 bits per heavy atom. The molecule has 1 atom stereocenters. The third-order valence-corrected chi connectivity index (χ3v) is 4.58. The summed E-state index contributed by atoms with van der Waals surface area (Å²) < 4.78 is 13.4. The molecule has 28 heavy (non-hydrogen) atoms. The molecular weight excluding hydrogens is 357 g/mol. The maximum atomic E-state index is 13.4. The summed E-state index contributed by atoms with van der Waals surface area (Å²) in [5, 5.41) is 6.12. The molecule has 6 heteroatoms. The molecule has 0 aromatic heterocycles. The van der Waals surface area contributed by atoms with Crippen LogP contribution in [0.15, 0.2) is 72.8 Å². The first-order valence-corrected chi connectivity index (χ1v) is 8.85. The van der Waals surface area contributed by atoms with Crippen molar-refractivity contribution >= 4 is 28.9 Å². The number of fused-ring (bicyclic) bond motifs is 1. The molecule has 0 bridgehead atoms. The highest BCUT2D eigenvalue weighted by atomic mass is 19.1. The maximum Gasteiger partial charge on any atom is 0.262 e. The van der Waals surface area contributed by atoms with Crippen molar-refractivity contribution in [2.75, 3.05) is 15.5 Å². The van der Waals surface area contributed by atoms with E-state index >= 15 is 0 Å². The van der Waals surface area contributed by atoms with Crippen LogP contribution in [-0.4, -0.2) is 11.8 Å². The highest BCUT2D eigenvalue weighted by Gasteiger charge is 2.33. The fourth-order valence-electron chi connectivity index (χ4n) is 3.31. The van der Waals surface area contributed by atoms with Crippen LogP contribution < -0.4 is 15.5 Å². The number of carbonyl (C=O) groups excluding carboxylic acids is 2. The molecule has 5 nitrogen and oxygen atoms in total. The molecule has 140 valence electrons. The smallest absolute Gasteiger partial charge is 0.262 e. The number of amides is 2. The molecule has 3 aromatic rings. The fraction of sp³-hybridized carbons (Fsp3) is 0.0909. The van der Waals surface area contributed by atoms with Gasteiger partial charge in [-0.3, -0.25) is 14.5 Å². The summed E-state index contributed by atoms with van der Waals surface area (Å²) >= 11 is 0. The molecule has 0 saturated heterocycles. The van der Waals surface area contributed by atoms with Crippen molar-refractivity contribution in [3.05, 3.63) is 89.7 Å². The second-order valence-corrected chi connectivity index (χ2v) is 6.55. The normalized spacial score (nSPS) is 15.6. The average Bonchev–Trinajstić information content (AvgIpc) is 2.69. The second-order valence-electron chi connectivity index (χ2n) is 6.55. The summed E-state index contributed by atoms with van der Waals surface area (Å²) in [5.74, 6) is -0.685. The number of para-hydroxylation sites is 1. The maximum absolute atomic E-state index is 13.4. The molecule has 0 saturated carbocycles. The van der Waals surface area contributed by atoms with Crippen LogP contribution >= 0.6 is 0 Å². The van der Waals surface area contributed by atoms with Crippen molar-refractivity contribution in [3.63, 3.8) is 0 Å². The van der Waals surface area contributed by atoms with Gasteiger partial charge in [-0.05, 0) is 54.1 Å². The van der Waals surface area contributed by atoms with Gasteiger partial charge in [0.25, 0.3) is 5.91 Å².